The van der Waals surface area contributed by atoms with Gasteiger partial charge in [0.15, 0.2) is 5.82 Å². The third-order valence-corrected chi connectivity index (χ3v) is 2.75. The lowest BCUT2D eigenvalue weighted by Crippen LogP contribution is -2.00. The molecule has 1 aromatic heterocycles. The highest BCUT2D eigenvalue weighted by atomic mass is 35.5. The highest BCUT2D eigenvalue weighted by molar-refractivity contribution is 6.31. The van der Waals surface area contributed by atoms with Crippen LogP contribution in [0.4, 0.5) is 17.2 Å². The average molecular weight is 284 g/mol. The molecule has 18 heavy (non-hydrogen) atoms. The molecule has 2 rings (SSSR count). The predicted molar refractivity (Wildman–Crippen MR) is 74.9 cm³/mol. The summed E-state index contributed by atoms with van der Waals surface area (Å²) in [6.07, 6.45) is 0. The van der Waals surface area contributed by atoms with E-state index in [0.717, 1.165) is 0 Å². The Morgan fingerprint density at radius 3 is 2.72 bits per heavy atom. The van der Waals surface area contributed by atoms with Crippen LogP contribution in [0.3, 0.4) is 0 Å². The lowest BCUT2D eigenvalue weighted by Gasteiger charge is -2.12. The number of anilines is 3. The molecule has 0 spiro atoms. The van der Waals surface area contributed by atoms with Gasteiger partial charge in [0.1, 0.15) is 10.9 Å². The number of nitrogens with one attached hydrogen (secondary N) is 1. The van der Waals surface area contributed by atoms with Crippen molar-refractivity contribution in [3.05, 3.63) is 40.5 Å². The van der Waals surface area contributed by atoms with Gasteiger partial charge in [0.25, 0.3) is 0 Å². The van der Waals surface area contributed by atoms with E-state index < -0.39 is 0 Å². The van der Waals surface area contributed by atoms with Crippen molar-refractivity contribution in [2.75, 3.05) is 18.2 Å². The van der Waals surface area contributed by atoms with Crippen molar-refractivity contribution in [2.24, 2.45) is 0 Å². The molecule has 0 aliphatic rings. The quantitative estimate of drug-likeness (QED) is 0.843. The van der Waals surface area contributed by atoms with Gasteiger partial charge in [-0.2, -0.15) is 0 Å². The predicted octanol–water partition coefficient (Wildman–Crippen LogP) is 3.72. The van der Waals surface area contributed by atoms with Gasteiger partial charge in [-0.05, 0) is 30.3 Å². The summed E-state index contributed by atoms with van der Waals surface area (Å²) in [6.45, 7) is 0. The largest absolute Gasteiger partial charge is 0.495 e. The number of ether oxygens (including phenoxy) is 1. The maximum atomic E-state index is 5.94. The Bertz CT molecular complexity index is 575. The number of hydrogen-bond donors (Lipinski definition) is 2. The normalized spacial score (nSPS) is 10.2. The summed E-state index contributed by atoms with van der Waals surface area (Å²) in [6, 6.07) is 8.51. The lowest BCUT2D eigenvalue weighted by atomic mass is 10.3. The molecule has 0 radical (unpaired) electrons. The molecule has 3 N–H and O–H groups in total. The zero-order chi connectivity index (χ0) is 13.1. The maximum Gasteiger partial charge on any atom is 0.155 e. The van der Waals surface area contributed by atoms with Crippen molar-refractivity contribution in [1.29, 1.82) is 0 Å². The SMILES string of the molecule is COc1ccc(Cl)cc1Nc1nc(Cl)ccc1N. The summed E-state index contributed by atoms with van der Waals surface area (Å²) in [5.74, 6) is 1.10. The third-order valence-electron chi connectivity index (χ3n) is 2.31. The molecule has 0 aliphatic carbocycles. The molecule has 2 aromatic rings. The molecule has 0 aliphatic heterocycles. The van der Waals surface area contributed by atoms with Crippen molar-refractivity contribution in [3.63, 3.8) is 0 Å². The van der Waals surface area contributed by atoms with Crippen LogP contribution in [0.1, 0.15) is 0 Å². The van der Waals surface area contributed by atoms with Gasteiger partial charge in [0, 0.05) is 5.02 Å². The molecule has 1 aromatic carbocycles. The average Bonchev–Trinajstić information content (AvgIpc) is 2.34. The van der Waals surface area contributed by atoms with Gasteiger partial charge in [-0.15, -0.1) is 0 Å². The highest BCUT2D eigenvalue weighted by Gasteiger charge is 2.08. The van der Waals surface area contributed by atoms with E-state index >= 15 is 0 Å². The topological polar surface area (TPSA) is 60.2 Å². The minimum Gasteiger partial charge on any atom is -0.495 e. The Hall–Kier alpha value is -1.65. The fourth-order valence-corrected chi connectivity index (χ4v) is 1.77. The molecule has 1 heterocycles. The van der Waals surface area contributed by atoms with Crippen LogP contribution < -0.4 is 15.8 Å². The van der Waals surface area contributed by atoms with E-state index in [0.29, 0.717) is 33.1 Å². The maximum absolute atomic E-state index is 5.94. The molecule has 0 unspecified atom stereocenters. The molecule has 6 heteroatoms. The van der Waals surface area contributed by atoms with Crippen LogP contribution in [-0.2, 0) is 0 Å². The van der Waals surface area contributed by atoms with Gasteiger partial charge in [-0.1, -0.05) is 23.2 Å². The fraction of sp³-hybridized carbons (Fsp3) is 0.0833. The van der Waals surface area contributed by atoms with Crippen molar-refractivity contribution in [1.82, 2.24) is 4.98 Å². The standard InChI is InChI=1S/C12H11Cl2N3O/c1-18-10-4-2-7(13)6-9(10)16-12-8(15)3-5-11(14)17-12/h2-6H,15H2,1H3,(H,16,17). The molecular formula is C12H11Cl2N3O. The minimum absolute atomic E-state index is 0.354. The Balaban J connectivity index is 2.38. The Labute approximate surface area is 115 Å². The third kappa shape index (κ3) is 2.78. The van der Waals surface area contributed by atoms with E-state index in [4.69, 9.17) is 33.7 Å². The number of nitrogens with zero attached hydrogens (tertiary/aromatic N) is 1. The number of pyridine rings is 1. The molecule has 0 atom stereocenters. The summed E-state index contributed by atoms with van der Waals surface area (Å²) >= 11 is 11.8. The van der Waals surface area contributed by atoms with Gasteiger partial charge >= 0.3 is 0 Å². The summed E-state index contributed by atoms with van der Waals surface area (Å²) < 4.78 is 5.22. The zero-order valence-corrected chi connectivity index (χ0v) is 11.1. The molecule has 94 valence electrons. The lowest BCUT2D eigenvalue weighted by molar-refractivity contribution is 0.417. The molecule has 4 nitrogen and oxygen atoms in total. The van der Waals surface area contributed by atoms with E-state index in [9.17, 15) is 0 Å². The van der Waals surface area contributed by atoms with Crippen molar-refractivity contribution in [3.8, 4) is 5.75 Å². The van der Waals surface area contributed by atoms with E-state index in [2.05, 4.69) is 10.3 Å². The van der Waals surface area contributed by atoms with Crippen LogP contribution >= 0.6 is 23.2 Å². The first-order valence-electron chi connectivity index (χ1n) is 5.12. The van der Waals surface area contributed by atoms with Gasteiger partial charge in [0.2, 0.25) is 0 Å². The van der Waals surface area contributed by atoms with Gasteiger partial charge in [0.05, 0.1) is 18.5 Å². The number of nitrogens with two attached hydrogens (primary N) is 1. The summed E-state index contributed by atoms with van der Waals surface area (Å²) in [5, 5.41) is 3.98. The first kappa shape index (κ1) is 12.8. The molecular weight excluding hydrogens is 273 g/mol. The van der Waals surface area contributed by atoms with Gasteiger partial charge in [-0.25, -0.2) is 4.98 Å². The summed E-state index contributed by atoms with van der Waals surface area (Å²) in [5.41, 5.74) is 6.97. The van der Waals surface area contributed by atoms with Crippen LogP contribution in [-0.4, -0.2) is 12.1 Å². The second kappa shape index (κ2) is 5.33. The van der Waals surface area contributed by atoms with E-state index in [1.807, 2.05) is 0 Å². The van der Waals surface area contributed by atoms with E-state index in [1.165, 1.54) is 0 Å². The van der Waals surface area contributed by atoms with Crippen LogP contribution in [0.5, 0.6) is 5.75 Å². The van der Waals surface area contributed by atoms with E-state index in [-0.39, 0.29) is 0 Å². The number of nitrogen functional groups attached to an aromatic ring is 1. The Morgan fingerprint density at radius 1 is 1.22 bits per heavy atom. The second-order valence-electron chi connectivity index (χ2n) is 3.54. The van der Waals surface area contributed by atoms with E-state index in [1.54, 1.807) is 37.4 Å². The molecule has 0 bridgehead atoms. The summed E-state index contributed by atoms with van der Waals surface area (Å²) in [4.78, 5) is 4.10. The van der Waals surface area contributed by atoms with Crippen LogP contribution in [0, 0.1) is 0 Å². The first-order chi connectivity index (χ1) is 8.60. The smallest absolute Gasteiger partial charge is 0.155 e. The molecule has 0 fully saturated rings. The monoisotopic (exact) mass is 283 g/mol. The van der Waals surface area contributed by atoms with Crippen molar-refractivity contribution < 1.29 is 4.74 Å². The Morgan fingerprint density at radius 2 is 2.00 bits per heavy atom. The number of halogens is 2. The van der Waals surface area contributed by atoms with Crippen LogP contribution in [0.15, 0.2) is 30.3 Å². The zero-order valence-electron chi connectivity index (χ0n) is 9.58. The Kier molecular flexibility index (Phi) is 3.79. The number of benzene rings is 1. The van der Waals surface area contributed by atoms with Crippen LogP contribution in [0.2, 0.25) is 10.2 Å². The number of hydrogen-bond acceptors (Lipinski definition) is 4. The first-order valence-corrected chi connectivity index (χ1v) is 5.88. The van der Waals surface area contributed by atoms with Gasteiger partial charge in [-0.3, -0.25) is 0 Å². The van der Waals surface area contributed by atoms with Crippen molar-refractivity contribution >= 4 is 40.4 Å². The molecule has 0 saturated heterocycles. The van der Waals surface area contributed by atoms with Crippen LogP contribution in [0.25, 0.3) is 0 Å². The van der Waals surface area contributed by atoms with Crippen molar-refractivity contribution in [2.45, 2.75) is 0 Å². The second-order valence-corrected chi connectivity index (χ2v) is 4.37. The fourth-order valence-electron chi connectivity index (χ4n) is 1.45. The highest BCUT2D eigenvalue weighted by Crippen LogP contribution is 2.31. The van der Waals surface area contributed by atoms with Gasteiger partial charge < -0.3 is 15.8 Å². The number of aromatic nitrogens is 1. The number of rotatable bonds is 3. The molecule has 0 amide bonds. The number of methoxy groups -OCH3 is 1. The molecule has 0 saturated carbocycles. The minimum atomic E-state index is 0.354. The summed E-state index contributed by atoms with van der Waals surface area (Å²) in [7, 11) is 1.57.